The zero-order valence-electron chi connectivity index (χ0n) is 13.2. The quantitative estimate of drug-likeness (QED) is 0.905. The molecule has 7 heteroatoms. The number of likely N-dealkylation sites (tertiary alicyclic amines) is 1. The topological polar surface area (TPSA) is 96.5 Å². The predicted octanol–water partition coefficient (Wildman–Crippen LogP) is 2.45. The van der Waals surface area contributed by atoms with Crippen LogP contribution in [0.15, 0.2) is 35.2 Å². The Morgan fingerprint density at radius 3 is 2.75 bits per heavy atom. The molecule has 1 aromatic carbocycles. The Morgan fingerprint density at radius 1 is 1.29 bits per heavy atom. The SMILES string of the molecule is O=C(O)CCC1CCCN(C(=O)c2ccc(-c3ncon3)cc2)C1. The smallest absolute Gasteiger partial charge is 0.303 e. The van der Waals surface area contributed by atoms with Crippen LogP contribution < -0.4 is 0 Å². The van der Waals surface area contributed by atoms with E-state index in [1.807, 2.05) is 4.90 Å². The van der Waals surface area contributed by atoms with E-state index in [0.717, 1.165) is 24.9 Å². The van der Waals surface area contributed by atoms with E-state index in [1.54, 1.807) is 24.3 Å². The molecule has 0 saturated carbocycles. The van der Waals surface area contributed by atoms with E-state index in [9.17, 15) is 9.59 Å². The minimum absolute atomic E-state index is 0.0188. The third kappa shape index (κ3) is 3.79. The van der Waals surface area contributed by atoms with Gasteiger partial charge in [-0.3, -0.25) is 9.59 Å². The van der Waals surface area contributed by atoms with Crippen LogP contribution in [0.2, 0.25) is 0 Å². The van der Waals surface area contributed by atoms with Gasteiger partial charge in [-0.25, -0.2) is 0 Å². The van der Waals surface area contributed by atoms with Gasteiger partial charge in [0, 0.05) is 30.6 Å². The molecule has 3 rings (SSSR count). The van der Waals surface area contributed by atoms with Crippen molar-refractivity contribution in [1.82, 2.24) is 15.0 Å². The summed E-state index contributed by atoms with van der Waals surface area (Å²) in [6, 6.07) is 7.11. The van der Waals surface area contributed by atoms with Crippen LogP contribution in [0.1, 0.15) is 36.0 Å². The average molecular weight is 329 g/mol. The number of carbonyl (C=O) groups is 2. The van der Waals surface area contributed by atoms with Crippen LogP contribution >= 0.6 is 0 Å². The first kappa shape index (κ1) is 16.2. The second kappa shape index (κ2) is 7.25. The first-order chi connectivity index (χ1) is 11.6. The standard InChI is InChI=1S/C17H19N3O4/c21-15(22)8-3-12-2-1-9-20(10-12)17(23)14-6-4-13(5-7-14)16-18-11-24-19-16/h4-7,11-12H,1-3,8-10H2,(H,21,22). The Kier molecular flexibility index (Phi) is 4.88. The van der Waals surface area contributed by atoms with Gasteiger partial charge in [0.2, 0.25) is 12.2 Å². The Hall–Kier alpha value is -2.70. The van der Waals surface area contributed by atoms with Crippen molar-refractivity contribution >= 4 is 11.9 Å². The molecule has 1 aliphatic heterocycles. The van der Waals surface area contributed by atoms with Crippen LogP contribution in [0.3, 0.4) is 0 Å². The number of carbonyl (C=O) groups excluding carboxylic acids is 1. The maximum absolute atomic E-state index is 12.6. The highest BCUT2D eigenvalue weighted by atomic mass is 16.5. The number of rotatable bonds is 5. The largest absolute Gasteiger partial charge is 0.481 e. The van der Waals surface area contributed by atoms with E-state index in [-0.39, 0.29) is 18.2 Å². The first-order valence-electron chi connectivity index (χ1n) is 8.01. The molecule has 1 unspecified atom stereocenters. The molecule has 1 aliphatic rings. The summed E-state index contributed by atoms with van der Waals surface area (Å²) in [5, 5.41) is 12.6. The molecule has 126 valence electrons. The number of carboxylic acid groups (broad SMARTS) is 1. The summed E-state index contributed by atoms with van der Waals surface area (Å²) in [5.74, 6) is -0.0525. The fourth-order valence-electron chi connectivity index (χ4n) is 3.05. The van der Waals surface area contributed by atoms with E-state index in [4.69, 9.17) is 9.63 Å². The van der Waals surface area contributed by atoms with E-state index in [0.29, 0.717) is 24.4 Å². The number of hydrogen-bond donors (Lipinski definition) is 1. The molecule has 1 N–H and O–H groups in total. The van der Waals surface area contributed by atoms with E-state index >= 15 is 0 Å². The normalized spacial score (nSPS) is 17.7. The molecule has 2 aromatic rings. The lowest BCUT2D eigenvalue weighted by atomic mass is 9.93. The molecule has 2 heterocycles. The summed E-state index contributed by atoms with van der Waals surface area (Å²) in [6.45, 7) is 1.34. The van der Waals surface area contributed by atoms with Crippen molar-refractivity contribution in [2.45, 2.75) is 25.7 Å². The number of amides is 1. The Balaban J connectivity index is 1.64. The summed E-state index contributed by atoms with van der Waals surface area (Å²) >= 11 is 0. The van der Waals surface area contributed by atoms with E-state index in [1.165, 1.54) is 6.39 Å². The zero-order chi connectivity index (χ0) is 16.9. The zero-order valence-corrected chi connectivity index (χ0v) is 13.2. The molecule has 0 spiro atoms. The molecule has 1 amide bonds. The Labute approximate surface area is 139 Å². The van der Waals surface area contributed by atoms with Crippen molar-refractivity contribution in [2.75, 3.05) is 13.1 Å². The fraction of sp³-hybridized carbons (Fsp3) is 0.412. The van der Waals surface area contributed by atoms with E-state index < -0.39 is 5.97 Å². The summed E-state index contributed by atoms with van der Waals surface area (Å²) in [4.78, 5) is 29.1. The van der Waals surface area contributed by atoms with Gasteiger partial charge >= 0.3 is 5.97 Å². The molecule has 1 saturated heterocycles. The summed E-state index contributed by atoms with van der Waals surface area (Å²) in [6.07, 6.45) is 3.94. The lowest BCUT2D eigenvalue weighted by molar-refractivity contribution is -0.137. The lowest BCUT2D eigenvalue weighted by Gasteiger charge is -2.32. The molecule has 0 bridgehead atoms. The Morgan fingerprint density at radius 2 is 2.08 bits per heavy atom. The van der Waals surface area contributed by atoms with Gasteiger partial charge in [0.05, 0.1) is 0 Å². The molecule has 1 atom stereocenters. The van der Waals surface area contributed by atoms with Crippen LogP contribution in [0.4, 0.5) is 0 Å². The third-order valence-electron chi connectivity index (χ3n) is 4.32. The number of hydrogen-bond acceptors (Lipinski definition) is 5. The first-order valence-corrected chi connectivity index (χ1v) is 8.01. The highest BCUT2D eigenvalue weighted by Gasteiger charge is 2.24. The van der Waals surface area contributed by atoms with Crippen molar-refractivity contribution in [3.05, 3.63) is 36.2 Å². The van der Waals surface area contributed by atoms with Crippen LogP contribution in [-0.4, -0.2) is 45.1 Å². The molecule has 1 aromatic heterocycles. The highest BCUT2D eigenvalue weighted by molar-refractivity contribution is 5.94. The maximum atomic E-state index is 12.6. The average Bonchev–Trinajstić information content (AvgIpc) is 3.14. The van der Waals surface area contributed by atoms with Gasteiger partial charge in [0.15, 0.2) is 0 Å². The fourth-order valence-corrected chi connectivity index (χ4v) is 3.05. The Bertz CT molecular complexity index is 697. The molecule has 1 fully saturated rings. The van der Waals surface area contributed by atoms with Gasteiger partial charge < -0.3 is 14.5 Å². The number of nitrogens with zero attached hydrogens (tertiary/aromatic N) is 3. The third-order valence-corrected chi connectivity index (χ3v) is 4.32. The van der Waals surface area contributed by atoms with Crippen LogP contribution in [0.25, 0.3) is 11.4 Å². The van der Waals surface area contributed by atoms with Gasteiger partial charge in [-0.05, 0) is 37.3 Å². The summed E-state index contributed by atoms with van der Waals surface area (Å²) in [7, 11) is 0. The van der Waals surface area contributed by atoms with Crippen LogP contribution in [0, 0.1) is 5.92 Å². The van der Waals surface area contributed by atoms with Crippen molar-refractivity contribution in [3.63, 3.8) is 0 Å². The number of carboxylic acids is 1. The molecule has 7 nitrogen and oxygen atoms in total. The van der Waals surface area contributed by atoms with Gasteiger partial charge in [0.1, 0.15) is 0 Å². The second-order valence-corrected chi connectivity index (χ2v) is 6.02. The number of aromatic nitrogens is 2. The van der Waals surface area contributed by atoms with Gasteiger partial charge in [-0.15, -0.1) is 0 Å². The molecular weight excluding hydrogens is 310 g/mol. The molecule has 0 radical (unpaired) electrons. The van der Waals surface area contributed by atoms with Crippen LogP contribution in [0.5, 0.6) is 0 Å². The van der Waals surface area contributed by atoms with Crippen molar-refractivity contribution < 1.29 is 19.2 Å². The van der Waals surface area contributed by atoms with Crippen molar-refractivity contribution in [2.24, 2.45) is 5.92 Å². The molecule has 24 heavy (non-hydrogen) atoms. The van der Waals surface area contributed by atoms with Gasteiger partial charge in [-0.2, -0.15) is 4.98 Å². The second-order valence-electron chi connectivity index (χ2n) is 6.02. The number of piperidine rings is 1. The predicted molar refractivity (Wildman–Crippen MR) is 85.2 cm³/mol. The minimum atomic E-state index is -0.782. The van der Waals surface area contributed by atoms with Crippen molar-refractivity contribution in [3.8, 4) is 11.4 Å². The van der Waals surface area contributed by atoms with Crippen LogP contribution in [-0.2, 0) is 4.79 Å². The van der Waals surface area contributed by atoms with Gasteiger partial charge in [0.25, 0.3) is 5.91 Å². The summed E-state index contributed by atoms with van der Waals surface area (Å²) in [5.41, 5.74) is 1.40. The highest BCUT2D eigenvalue weighted by Crippen LogP contribution is 2.23. The molecular formula is C17H19N3O4. The minimum Gasteiger partial charge on any atom is -0.481 e. The number of aliphatic carboxylic acids is 1. The molecule has 0 aliphatic carbocycles. The lowest BCUT2D eigenvalue weighted by Crippen LogP contribution is -2.40. The summed E-state index contributed by atoms with van der Waals surface area (Å²) < 4.78 is 4.72. The van der Waals surface area contributed by atoms with Crippen molar-refractivity contribution in [1.29, 1.82) is 0 Å². The monoisotopic (exact) mass is 329 g/mol. The maximum Gasteiger partial charge on any atom is 0.303 e. The van der Waals surface area contributed by atoms with E-state index in [2.05, 4.69) is 10.1 Å². The van der Waals surface area contributed by atoms with Gasteiger partial charge in [-0.1, -0.05) is 17.3 Å². The number of benzene rings is 1.